The molecule has 1 saturated heterocycles. The number of nitrogens with zero attached hydrogens (tertiary/aromatic N) is 2. The van der Waals surface area contributed by atoms with E-state index in [0.29, 0.717) is 0 Å². The zero-order chi connectivity index (χ0) is 13.2. The number of hydrogen-bond acceptors (Lipinski definition) is 4. The van der Waals surface area contributed by atoms with Crippen LogP contribution in [0.2, 0.25) is 0 Å². The average Bonchev–Trinajstić information content (AvgIpc) is 2.29. The standard InChI is InChI=1S/C11H16BrN3O2S/c12-10-1-2-11(14-7-10)15-5-3-9(4-6-15)8-18(13,16)17/h1-2,7,9H,3-6,8H2,(H2,13,16,17). The highest BCUT2D eigenvalue weighted by atomic mass is 79.9. The van der Waals surface area contributed by atoms with Crippen molar-refractivity contribution in [3.8, 4) is 0 Å². The van der Waals surface area contributed by atoms with Crippen LogP contribution in [0.5, 0.6) is 0 Å². The summed E-state index contributed by atoms with van der Waals surface area (Å²) in [6, 6.07) is 3.92. The second-order valence-electron chi connectivity index (χ2n) is 4.59. The van der Waals surface area contributed by atoms with Crippen molar-refractivity contribution in [1.29, 1.82) is 0 Å². The molecule has 0 unspecified atom stereocenters. The summed E-state index contributed by atoms with van der Waals surface area (Å²) < 4.78 is 23.0. The Bertz CT molecular complexity index is 496. The first kappa shape index (κ1) is 13.8. The number of piperidine rings is 1. The van der Waals surface area contributed by atoms with Crippen LogP contribution in [0, 0.1) is 5.92 Å². The SMILES string of the molecule is NS(=O)(=O)CC1CCN(c2ccc(Br)cn2)CC1. The van der Waals surface area contributed by atoms with Crippen molar-refractivity contribution in [2.75, 3.05) is 23.7 Å². The van der Waals surface area contributed by atoms with E-state index in [-0.39, 0.29) is 11.7 Å². The average molecular weight is 334 g/mol. The molecule has 2 N–H and O–H groups in total. The molecule has 2 rings (SSSR count). The summed E-state index contributed by atoms with van der Waals surface area (Å²) in [4.78, 5) is 6.51. The Balaban J connectivity index is 1.92. The van der Waals surface area contributed by atoms with Gasteiger partial charge in [0.25, 0.3) is 0 Å². The van der Waals surface area contributed by atoms with Gasteiger partial charge in [-0.15, -0.1) is 0 Å². The van der Waals surface area contributed by atoms with Gasteiger partial charge in [-0.1, -0.05) is 0 Å². The monoisotopic (exact) mass is 333 g/mol. The van der Waals surface area contributed by atoms with E-state index >= 15 is 0 Å². The topological polar surface area (TPSA) is 76.3 Å². The van der Waals surface area contributed by atoms with Crippen molar-refractivity contribution >= 4 is 31.8 Å². The first-order valence-corrected chi connectivity index (χ1v) is 8.32. The zero-order valence-electron chi connectivity index (χ0n) is 9.92. The molecule has 5 nitrogen and oxygen atoms in total. The van der Waals surface area contributed by atoms with Gasteiger partial charge in [0.15, 0.2) is 0 Å². The Labute approximate surface area is 116 Å². The van der Waals surface area contributed by atoms with Crippen molar-refractivity contribution in [1.82, 2.24) is 4.98 Å². The molecule has 0 saturated carbocycles. The molecule has 0 aliphatic carbocycles. The molecule has 0 amide bonds. The van der Waals surface area contributed by atoms with Crippen molar-refractivity contribution in [3.63, 3.8) is 0 Å². The number of anilines is 1. The lowest BCUT2D eigenvalue weighted by atomic mass is 9.99. The fourth-order valence-corrected chi connectivity index (χ4v) is 3.44. The Kier molecular flexibility index (Phi) is 4.24. The highest BCUT2D eigenvalue weighted by molar-refractivity contribution is 9.10. The van der Waals surface area contributed by atoms with E-state index < -0.39 is 10.0 Å². The van der Waals surface area contributed by atoms with E-state index in [1.165, 1.54) is 0 Å². The first-order valence-electron chi connectivity index (χ1n) is 5.81. The number of nitrogens with two attached hydrogens (primary N) is 1. The molecule has 1 fully saturated rings. The molecular formula is C11H16BrN3O2S. The molecule has 1 aromatic rings. The lowest BCUT2D eigenvalue weighted by Gasteiger charge is -2.32. The maximum atomic E-state index is 11.0. The van der Waals surface area contributed by atoms with Crippen LogP contribution in [0.1, 0.15) is 12.8 Å². The van der Waals surface area contributed by atoms with E-state index in [9.17, 15) is 8.42 Å². The first-order chi connectivity index (χ1) is 8.44. The summed E-state index contributed by atoms with van der Waals surface area (Å²) in [6.45, 7) is 1.66. The van der Waals surface area contributed by atoms with Gasteiger partial charge in [0.05, 0.1) is 5.75 Å². The number of halogens is 1. The van der Waals surface area contributed by atoms with Crippen LogP contribution < -0.4 is 10.0 Å². The van der Waals surface area contributed by atoms with Crippen LogP contribution in [-0.2, 0) is 10.0 Å². The molecule has 1 aromatic heterocycles. The molecule has 0 aromatic carbocycles. The van der Waals surface area contributed by atoms with Crippen LogP contribution in [-0.4, -0.2) is 32.2 Å². The molecule has 100 valence electrons. The summed E-state index contributed by atoms with van der Waals surface area (Å²) in [6.07, 6.45) is 3.45. The molecule has 0 radical (unpaired) electrons. The Morgan fingerprint density at radius 3 is 2.56 bits per heavy atom. The van der Waals surface area contributed by atoms with E-state index in [0.717, 1.165) is 36.2 Å². The van der Waals surface area contributed by atoms with Gasteiger partial charge >= 0.3 is 0 Å². The lowest BCUT2D eigenvalue weighted by Crippen LogP contribution is -2.37. The highest BCUT2D eigenvalue weighted by Gasteiger charge is 2.23. The predicted molar refractivity (Wildman–Crippen MR) is 74.8 cm³/mol. The van der Waals surface area contributed by atoms with Crippen molar-refractivity contribution in [2.45, 2.75) is 12.8 Å². The van der Waals surface area contributed by atoms with Gasteiger partial charge in [-0.05, 0) is 46.8 Å². The third-order valence-corrected chi connectivity index (χ3v) is 4.52. The fraction of sp³-hybridized carbons (Fsp3) is 0.545. The number of hydrogen-bond donors (Lipinski definition) is 1. The molecule has 18 heavy (non-hydrogen) atoms. The summed E-state index contributed by atoms with van der Waals surface area (Å²) in [7, 11) is -3.35. The maximum absolute atomic E-state index is 11.0. The van der Waals surface area contributed by atoms with Crippen LogP contribution in [0.3, 0.4) is 0 Å². The number of aromatic nitrogens is 1. The maximum Gasteiger partial charge on any atom is 0.209 e. The molecule has 1 aliphatic rings. The number of primary sulfonamides is 1. The largest absolute Gasteiger partial charge is 0.357 e. The zero-order valence-corrected chi connectivity index (χ0v) is 12.3. The van der Waals surface area contributed by atoms with Crippen LogP contribution >= 0.6 is 15.9 Å². The van der Waals surface area contributed by atoms with Gasteiger partial charge < -0.3 is 4.90 Å². The van der Waals surface area contributed by atoms with E-state index in [4.69, 9.17) is 5.14 Å². The molecular weight excluding hydrogens is 318 g/mol. The Hall–Kier alpha value is -0.660. The van der Waals surface area contributed by atoms with Crippen LogP contribution in [0.25, 0.3) is 0 Å². The van der Waals surface area contributed by atoms with Gasteiger partial charge in [-0.25, -0.2) is 18.5 Å². The van der Waals surface area contributed by atoms with E-state index in [1.54, 1.807) is 6.20 Å². The fourth-order valence-electron chi connectivity index (χ4n) is 2.21. The molecule has 7 heteroatoms. The van der Waals surface area contributed by atoms with Crippen molar-refractivity contribution in [2.24, 2.45) is 11.1 Å². The smallest absolute Gasteiger partial charge is 0.209 e. The minimum atomic E-state index is -3.35. The third kappa shape index (κ3) is 3.93. The normalized spacial score (nSPS) is 18.0. The van der Waals surface area contributed by atoms with Gasteiger partial charge in [0, 0.05) is 23.8 Å². The summed E-state index contributed by atoms with van der Waals surface area (Å²) >= 11 is 3.35. The lowest BCUT2D eigenvalue weighted by molar-refractivity contribution is 0.434. The van der Waals surface area contributed by atoms with Gasteiger partial charge in [-0.2, -0.15) is 0 Å². The van der Waals surface area contributed by atoms with Crippen molar-refractivity contribution in [3.05, 3.63) is 22.8 Å². The summed E-state index contributed by atoms with van der Waals surface area (Å²) in [5.74, 6) is 1.20. The molecule has 0 spiro atoms. The Morgan fingerprint density at radius 2 is 2.06 bits per heavy atom. The molecule has 2 heterocycles. The third-order valence-electron chi connectivity index (χ3n) is 3.12. The highest BCUT2D eigenvalue weighted by Crippen LogP contribution is 2.23. The summed E-state index contributed by atoms with van der Waals surface area (Å²) in [5.41, 5.74) is 0. The minimum Gasteiger partial charge on any atom is -0.357 e. The second-order valence-corrected chi connectivity index (χ2v) is 7.17. The van der Waals surface area contributed by atoms with Crippen LogP contribution in [0.4, 0.5) is 5.82 Å². The predicted octanol–water partition coefficient (Wildman–Crippen LogP) is 1.35. The van der Waals surface area contributed by atoms with Crippen LogP contribution in [0.15, 0.2) is 22.8 Å². The number of pyridine rings is 1. The number of sulfonamides is 1. The Morgan fingerprint density at radius 1 is 1.39 bits per heavy atom. The molecule has 0 atom stereocenters. The van der Waals surface area contributed by atoms with Gasteiger partial charge in [-0.3, -0.25) is 0 Å². The van der Waals surface area contributed by atoms with E-state index in [1.807, 2.05) is 12.1 Å². The summed E-state index contributed by atoms with van der Waals surface area (Å²) in [5, 5.41) is 5.07. The van der Waals surface area contributed by atoms with Gasteiger partial charge in [0.1, 0.15) is 5.82 Å². The second kappa shape index (κ2) is 5.54. The molecule has 0 bridgehead atoms. The number of rotatable bonds is 3. The molecule has 1 aliphatic heterocycles. The van der Waals surface area contributed by atoms with Crippen molar-refractivity contribution < 1.29 is 8.42 Å². The van der Waals surface area contributed by atoms with E-state index in [2.05, 4.69) is 25.8 Å². The van der Waals surface area contributed by atoms with Gasteiger partial charge in [0.2, 0.25) is 10.0 Å². The quantitative estimate of drug-likeness (QED) is 0.905. The minimum absolute atomic E-state index is 0.0919.